The van der Waals surface area contributed by atoms with Crippen LogP contribution in [0.4, 0.5) is 4.39 Å². The average Bonchev–Trinajstić information content (AvgIpc) is 1.88. The first-order chi connectivity index (χ1) is 4.70. The van der Waals surface area contributed by atoms with Crippen molar-refractivity contribution in [2.45, 2.75) is 0 Å². The van der Waals surface area contributed by atoms with Crippen molar-refractivity contribution in [3.63, 3.8) is 0 Å². The van der Waals surface area contributed by atoms with E-state index in [1.54, 1.807) is 0 Å². The zero-order valence-corrected chi connectivity index (χ0v) is 6.83. The molecule has 4 heteroatoms. The van der Waals surface area contributed by atoms with Gasteiger partial charge >= 0.3 is 5.97 Å². The van der Waals surface area contributed by atoms with E-state index in [4.69, 9.17) is 5.11 Å². The van der Waals surface area contributed by atoms with Crippen LogP contribution in [0.3, 0.4) is 0 Å². The molecule has 0 unspecified atom stereocenters. The number of carbonyl (C=O) groups is 1. The Bertz CT molecular complexity index is 262. The number of carboxylic acid groups (broad SMARTS) is 1. The van der Waals surface area contributed by atoms with E-state index in [-0.39, 0.29) is 27.9 Å². The van der Waals surface area contributed by atoms with E-state index >= 15 is 0 Å². The molecule has 11 heavy (non-hydrogen) atoms. The number of hydrogen-bond donors (Lipinski definition) is 1. The summed E-state index contributed by atoms with van der Waals surface area (Å²) in [5.41, 5.74) is -0.0278. The first-order valence-corrected chi connectivity index (χ1v) is 2.69. The second-order valence-electron chi connectivity index (χ2n) is 1.82. The van der Waals surface area contributed by atoms with Crippen molar-refractivity contribution in [3.8, 4) is 0 Å². The van der Waals surface area contributed by atoms with Crippen LogP contribution in [-0.4, -0.2) is 11.1 Å². The molecule has 0 aliphatic heterocycles. The standard InChI is InChI=1S/C7H5FO2.Ag/c8-6-3-1-2-5(4-6)7(9)10;/h1-4H,(H,9,10);. The summed E-state index contributed by atoms with van der Waals surface area (Å²) >= 11 is 0. The van der Waals surface area contributed by atoms with E-state index in [1.165, 1.54) is 18.2 Å². The number of carboxylic acids is 1. The van der Waals surface area contributed by atoms with Crippen LogP contribution in [0.25, 0.3) is 0 Å². The Morgan fingerprint density at radius 2 is 2.09 bits per heavy atom. The third-order valence-electron chi connectivity index (χ3n) is 1.07. The Labute approximate surface area is 78.6 Å². The Balaban J connectivity index is 0.000001000. The van der Waals surface area contributed by atoms with Gasteiger partial charge in [0.2, 0.25) is 0 Å². The molecular formula is C7H5AgFO2. The Morgan fingerprint density at radius 3 is 2.45 bits per heavy atom. The minimum Gasteiger partial charge on any atom is -0.478 e. The van der Waals surface area contributed by atoms with Gasteiger partial charge in [0.15, 0.2) is 0 Å². The summed E-state index contributed by atoms with van der Waals surface area (Å²) in [6.45, 7) is 0. The van der Waals surface area contributed by atoms with Gasteiger partial charge in [0.25, 0.3) is 0 Å². The van der Waals surface area contributed by atoms with Gasteiger partial charge in [-0.05, 0) is 18.2 Å². The molecule has 63 valence electrons. The first kappa shape index (κ1) is 10.4. The van der Waals surface area contributed by atoms with Gasteiger partial charge in [0.1, 0.15) is 5.82 Å². The third-order valence-corrected chi connectivity index (χ3v) is 1.07. The minimum absolute atomic E-state index is 0. The molecular weight excluding hydrogens is 243 g/mol. The molecule has 1 N–H and O–H groups in total. The van der Waals surface area contributed by atoms with E-state index in [1.807, 2.05) is 0 Å². The summed E-state index contributed by atoms with van der Waals surface area (Å²) in [6, 6.07) is 4.87. The molecule has 0 amide bonds. The van der Waals surface area contributed by atoms with Gasteiger partial charge in [-0.1, -0.05) is 6.07 Å². The van der Waals surface area contributed by atoms with E-state index in [0.29, 0.717) is 0 Å². The van der Waals surface area contributed by atoms with Crippen molar-refractivity contribution >= 4 is 5.97 Å². The maximum atomic E-state index is 12.3. The Morgan fingerprint density at radius 1 is 1.45 bits per heavy atom. The van der Waals surface area contributed by atoms with Gasteiger partial charge in [-0.3, -0.25) is 0 Å². The second kappa shape index (κ2) is 4.28. The molecule has 1 radical (unpaired) electrons. The van der Waals surface area contributed by atoms with Gasteiger partial charge in [-0.15, -0.1) is 0 Å². The van der Waals surface area contributed by atoms with Gasteiger partial charge in [0.05, 0.1) is 5.56 Å². The molecule has 0 fully saturated rings. The summed E-state index contributed by atoms with van der Waals surface area (Å²) in [5.74, 6) is -1.64. The number of rotatable bonds is 1. The van der Waals surface area contributed by atoms with Crippen molar-refractivity contribution in [2.75, 3.05) is 0 Å². The van der Waals surface area contributed by atoms with E-state index in [9.17, 15) is 9.18 Å². The van der Waals surface area contributed by atoms with Gasteiger partial charge in [0, 0.05) is 22.4 Å². The van der Waals surface area contributed by atoms with E-state index < -0.39 is 11.8 Å². The Hall–Kier alpha value is -0.640. The molecule has 0 aliphatic rings. The van der Waals surface area contributed by atoms with Crippen molar-refractivity contribution in [3.05, 3.63) is 35.6 Å². The second-order valence-corrected chi connectivity index (χ2v) is 1.82. The van der Waals surface area contributed by atoms with E-state index in [0.717, 1.165) is 6.07 Å². The van der Waals surface area contributed by atoms with Crippen LogP contribution in [0.5, 0.6) is 0 Å². The van der Waals surface area contributed by atoms with Crippen molar-refractivity contribution in [2.24, 2.45) is 0 Å². The molecule has 0 aliphatic carbocycles. The zero-order valence-electron chi connectivity index (χ0n) is 5.34. The fraction of sp³-hybridized carbons (Fsp3) is 0. The maximum absolute atomic E-state index is 12.3. The zero-order chi connectivity index (χ0) is 7.56. The third kappa shape index (κ3) is 2.84. The number of halogens is 1. The normalized spacial score (nSPS) is 8.45. The van der Waals surface area contributed by atoms with Crippen LogP contribution in [0, 0.1) is 5.82 Å². The SMILES string of the molecule is O=C(O)c1cccc(F)c1.[Ag]. The molecule has 0 saturated heterocycles. The maximum Gasteiger partial charge on any atom is 0.335 e. The van der Waals surface area contributed by atoms with Gasteiger partial charge < -0.3 is 5.11 Å². The topological polar surface area (TPSA) is 37.3 Å². The summed E-state index contributed by atoms with van der Waals surface area (Å²) in [6.07, 6.45) is 0. The summed E-state index contributed by atoms with van der Waals surface area (Å²) in [7, 11) is 0. The molecule has 0 atom stereocenters. The molecule has 0 saturated carbocycles. The molecule has 2 nitrogen and oxygen atoms in total. The quantitative estimate of drug-likeness (QED) is 0.765. The smallest absolute Gasteiger partial charge is 0.335 e. The van der Waals surface area contributed by atoms with Crippen molar-refractivity contribution in [1.29, 1.82) is 0 Å². The van der Waals surface area contributed by atoms with Crippen LogP contribution < -0.4 is 0 Å². The summed E-state index contributed by atoms with van der Waals surface area (Å²) < 4.78 is 12.3. The number of benzene rings is 1. The molecule has 1 rings (SSSR count). The number of aromatic carboxylic acids is 1. The minimum atomic E-state index is -1.11. The average molecular weight is 248 g/mol. The number of hydrogen-bond acceptors (Lipinski definition) is 1. The molecule has 0 heterocycles. The van der Waals surface area contributed by atoms with Crippen molar-refractivity contribution < 1.29 is 36.7 Å². The molecule has 1 aromatic rings. The molecule has 0 bridgehead atoms. The monoisotopic (exact) mass is 247 g/mol. The summed E-state index contributed by atoms with van der Waals surface area (Å²) in [4.78, 5) is 10.2. The Kier molecular flexibility index (Phi) is 4.03. The molecule has 1 aromatic carbocycles. The fourth-order valence-electron chi connectivity index (χ4n) is 0.622. The first-order valence-electron chi connectivity index (χ1n) is 2.69. The van der Waals surface area contributed by atoms with Crippen LogP contribution in [-0.2, 0) is 22.4 Å². The summed E-state index contributed by atoms with van der Waals surface area (Å²) in [5, 5.41) is 8.34. The van der Waals surface area contributed by atoms with Crippen LogP contribution in [0.15, 0.2) is 24.3 Å². The van der Waals surface area contributed by atoms with Gasteiger partial charge in [-0.2, -0.15) is 0 Å². The van der Waals surface area contributed by atoms with Gasteiger partial charge in [-0.25, -0.2) is 9.18 Å². The molecule has 0 spiro atoms. The fourth-order valence-corrected chi connectivity index (χ4v) is 0.622. The predicted octanol–water partition coefficient (Wildman–Crippen LogP) is 1.52. The van der Waals surface area contributed by atoms with Crippen molar-refractivity contribution in [1.82, 2.24) is 0 Å². The molecule has 0 aromatic heterocycles. The largest absolute Gasteiger partial charge is 0.478 e. The van der Waals surface area contributed by atoms with Crippen LogP contribution in [0.1, 0.15) is 10.4 Å². The van der Waals surface area contributed by atoms with Crippen LogP contribution >= 0.6 is 0 Å². The predicted molar refractivity (Wildman–Crippen MR) is 33.4 cm³/mol. The van der Waals surface area contributed by atoms with E-state index in [2.05, 4.69) is 0 Å². The van der Waals surface area contributed by atoms with Crippen LogP contribution in [0.2, 0.25) is 0 Å².